The Hall–Kier alpha value is -3.11. The van der Waals surface area contributed by atoms with Gasteiger partial charge in [0.1, 0.15) is 12.0 Å². The van der Waals surface area contributed by atoms with Crippen LogP contribution in [0.2, 0.25) is 0 Å². The molecule has 1 aliphatic heterocycles. The van der Waals surface area contributed by atoms with E-state index in [1.54, 1.807) is 7.11 Å². The molecule has 1 aliphatic rings. The molecule has 148 valence electrons. The molecule has 0 saturated carbocycles. The van der Waals surface area contributed by atoms with Crippen LogP contribution < -0.4 is 9.64 Å². The van der Waals surface area contributed by atoms with Crippen molar-refractivity contribution in [3.05, 3.63) is 83.9 Å². The standard InChI is InChI=1S/C25H26N2O2/c1-29-25-9-5-4-8-24(25)23-7-3-2-6-21(23)18-26-14-16-27(17-15-26)22-12-10-20(19-28)11-13-22/h2-13,19H,14-18H2,1H3. The van der Waals surface area contributed by atoms with Crippen LogP contribution in [0.15, 0.2) is 72.8 Å². The number of hydrogen-bond donors (Lipinski definition) is 0. The fourth-order valence-electron chi connectivity index (χ4n) is 3.96. The smallest absolute Gasteiger partial charge is 0.150 e. The molecule has 3 aromatic rings. The summed E-state index contributed by atoms with van der Waals surface area (Å²) in [6.07, 6.45) is 0.890. The second-order valence-corrected chi connectivity index (χ2v) is 7.33. The maximum Gasteiger partial charge on any atom is 0.150 e. The molecule has 0 aromatic heterocycles. The van der Waals surface area contributed by atoms with Gasteiger partial charge in [-0.1, -0.05) is 42.5 Å². The van der Waals surface area contributed by atoms with Gasteiger partial charge in [0.2, 0.25) is 0 Å². The fourth-order valence-corrected chi connectivity index (χ4v) is 3.96. The Morgan fingerprint density at radius 3 is 2.17 bits per heavy atom. The van der Waals surface area contributed by atoms with Crippen LogP contribution in [0.3, 0.4) is 0 Å². The van der Waals surface area contributed by atoms with Gasteiger partial charge >= 0.3 is 0 Å². The van der Waals surface area contributed by atoms with Gasteiger partial charge in [-0.05, 0) is 41.5 Å². The third-order valence-electron chi connectivity index (χ3n) is 5.58. The first-order valence-corrected chi connectivity index (χ1v) is 10.0. The van der Waals surface area contributed by atoms with E-state index in [0.29, 0.717) is 0 Å². The number of aldehydes is 1. The second kappa shape index (κ2) is 8.93. The van der Waals surface area contributed by atoms with Crippen LogP contribution >= 0.6 is 0 Å². The van der Waals surface area contributed by atoms with E-state index >= 15 is 0 Å². The zero-order valence-corrected chi connectivity index (χ0v) is 16.8. The maximum atomic E-state index is 10.9. The molecule has 0 radical (unpaired) electrons. The summed E-state index contributed by atoms with van der Waals surface area (Å²) in [4.78, 5) is 15.7. The molecule has 3 aromatic carbocycles. The molecule has 0 bridgehead atoms. The van der Waals surface area contributed by atoms with E-state index in [4.69, 9.17) is 4.74 Å². The summed E-state index contributed by atoms with van der Waals surface area (Å²) in [5.41, 5.74) is 5.60. The number of anilines is 1. The fraction of sp³-hybridized carbons (Fsp3) is 0.240. The molecule has 1 saturated heterocycles. The first-order valence-electron chi connectivity index (χ1n) is 10.0. The Labute approximate surface area is 172 Å². The van der Waals surface area contributed by atoms with Crippen molar-refractivity contribution < 1.29 is 9.53 Å². The summed E-state index contributed by atoms with van der Waals surface area (Å²) in [5.74, 6) is 0.906. The number of methoxy groups -OCH3 is 1. The molecule has 4 heteroatoms. The summed E-state index contributed by atoms with van der Waals surface area (Å²) in [6, 6.07) is 24.6. The lowest BCUT2D eigenvalue weighted by atomic mass is 9.98. The zero-order chi connectivity index (χ0) is 20.1. The molecule has 4 rings (SSSR count). The van der Waals surface area contributed by atoms with Crippen molar-refractivity contribution in [3.63, 3.8) is 0 Å². The number of piperazine rings is 1. The van der Waals surface area contributed by atoms with Gasteiger partial charge in [-0.2, -0.15) is 0 Å². The van der Waals surface area contributed by atoms with Crippen LogP contribution in [0.5, 0.6) is 5.75 Å². The number of nitrogens with zero attached hydrogens (tertiary/aromatic N) is 2. The molecule has 0 unspecified atom stereocenters. The van der Waals surface area contributed by atoms with Gasteiger partial charge in [-0.25, -0.2) is 0 Å². The monoisotopic (exact) mass is 386 g/mol. The second-order valence-electron chi connectivity index (χ2n) is 7.33. The van der Waals surface area contributed by atoms with Crippen molar-refractivity contribution in [2.75, 3.05) is 38.2 Å². The highest BCUT2D eigenvalue weighted by Crippen LogP contribution is 2.32. The summed E-state index contributed by atoms with van der Waals surface area (Å²) in [6.45, 7) is 4.91. The van der Waals surface area contributed by atoms with E-state index in [9.17, 15) is 4.79 Å². The largest absolute Gasteiger partial charge is 0.496 e. The van der Waals surface area contributed by atoms with Crippen LogP contribution in [0.25, 0.3) is 11.1 Å². The van der Waals surface area contributed by atoms with E-state index in [2.05, 4.69) is 46.2 Å². The van der Waals surface area contributed by atoms with Gasteiger partial charge in [-0.15, -0.1) is 0 Å². The molecule has 1 heterocycles. The van der Waals surface area contributed by atoms with Crippen molar-refractivity contribution in [2.24, 2.45) is 0 Å². The third-order valence-corrected chi connectivity index (χ3v) is 5.58. The first-order chi connectivity index (χ1) is 14.3. The predicted molar refractivity (Wildman–Crippen MR) is 118 cm³/mol. The van der Waals surface area contributed by atoms with E-state index in [1.165, 1.54) is 16.8 Å². The molecular weight excluding hydrogens is 360 g/mol. The number of rotatable bonds is 6. The Morgan fingerprint density at radius 1 is 0.828 bits per heavy atom. The van der Waals surface area contributed by atoms with Crippen LogP contribution in [-0.4, -0.2) is 44.5 Å². The zero-order valence-electron chi connectivity index (χ0n) is 16.8. The molecule has 0 N–H and O–H groups in total. The lowest BCUT2D eigenvalue weighted by molar-refractivity contribution is 0.112. The minimum atomic E-state index is 0.723. The molecule has 1 fully saturated rings. The summed E-state index contributed by atoms with van der Waals surface area (Å²) in [5, 5.41) is 0. The summed E-state index contributed by atoms with van der Waals surface area (Å²) in [7, 11) is 1.72. The number of carbonyl (C=O) groups excluding carboxylic acids is 1. The number of carbonyl (C=O) groups is 1. The summed E-state index contributed by atoms with van der Waals surface area (Å²) >= 11 is 0. The molecule has 29 heavy (non-hydrogen) atoms. The Morgan fingerprint density at radius 2 is 1.48 bits per heavy atom. The van der Waals surface area contributed by atoms with E-state index in [0.717, 1.165) is 55.9 Å². The van der Waals surface area contributed by atoms with Crippen LogP contribution in [0.1, 0.15) is 15.9 Å². The van der Waals surface area contributed by atoms with Gasteiger partial charge in [0.25, 0.3) is 0 Å². The first kappa shape index (κ1) is 19.2. The molecule has 0 aliphatic carbocycles. The van der Waals surface area contributed by atoms with E-state index in [1.807, 2.05) is 36.4 Å². The van der Waals surface area contributed by atoms with Gasteiger partial charge in [0, 0.05) is 49.5 Å². The highest BCUT2D eigenvalue weighted by molar-refractivity contribution is 5.76. The molecule has 0 atom stereocenters. The highest BCUT2D eigenvalue weighted by atomic mass is 16.5. The Kier molecular flexibility index (Phi) is 5.92. The summed E-state index contributed by atoms with van der Waals surface area (Å²) < 4.78 is 5.58. The minimum absolute atomic E-state index is 0.723. The number of para-hydroxylation sites is 1. The lowest BCUT2D eigenvalue weighted by Crippen LogP contribution is -2.46. The molecule has 0 spiro atoms. The number of ether oxygens (including phenoxy) is 1. The maximum absolute atomic E-state index is 10.9. The highest BCUT2D eigenvalue weighted by Gasteiger charge is 2.19. The number of benzene rings is 3. The Balaban J connectivity index is 1.45. The SMILES string of the molecule is COc1ccccc1-c1ccccc1CN1CCN(c2ccc(C=O)cc2)CC1. The molecule has 0 amide bonds. The lowest BCUT2D eigenvalue weighted by Gasteiger charge is -2.36. The predicted octanol–water partition coefficient (Wildman–Crippen LogP) is 4.50. The van der Waals surface area contributed by atoms with Crippen molar-refractivity contribution in [3.8, 4) is 16.9 Å². The average Bonchev–Trinajstić information content (AvgIpc) is 2.80. The van der Waals surface area contributed by atoms with E-state index < -0.39 is 0 Å². The third kappa shape index (κ3) is 4.33. The quantitative estimate of drug-likeness (QED) is 0.584. The van der Waals surface area contributed by atoms with Crippen molar-refractivity contribution in [1.82, 2.24) is 4.90 Å². The van der Waals surface area contributed by atoms with Gasteiger partial charge in [-0.3, -0.25) is 9.69 Å². The minimum Gasteiger partial charge on any atom is -0.496 e. The van der Waals surface area contributed by atoms with Crippen LogP contribution in [0, 0.1) is 0 Å². The van der Waals surface area contributed by atoms with Crippen LogP contribution in [-0.2, 0) is 6.54 Å². The average molecular weight is 386 g/mol. The van der Waals surface area contributed by atoms with Gasteiger partial charge in [0.15, 0.2) is 0 Å². The number of hydrogen-bond acceptors (Lipinski definition) is 4. The topological polar surface area (TPSA) is 32.8 Å². The van der Waals surface area contributed by atoms with Crippen molar-refractivity contribution in [2.45, 2.75) is 6.54 Å². The van der Waals surface area contributed by atoms with Crippen molar-refractivity contribution in [1.29, 1.82) is 0 Å². The molecule has 4 nitrogen and oxygen atoms in total. The van der Waals surface area contributed by atoms with Gasteiger partial charge in [0.05, 0.1) is 7.11 Å². The normalized spacial score (nSPS) is 14.6. The Bertz CT molecular complexity index is 961. The van der Waals surface area contributed by atoms with Crippen molar-refractivity contribution >= 4 is 12.0 Å². The van der Waals surface area contributed by atoms with E-state index in [-0.39, 0.29) is 0 Å². The van der Waals surface area contributed by atoms with Gasteiger partial charge < -0.3 is 9.64 Å². The molecular formula is C25H26N2O2. The van der Waals surface area contributed by atoms with Crippen LogP contribution in [0.4, 0.5) is 5.69 Å².